The number of hydrogen-bond acceptors (Lipinski definition) is 4. The predicted molar refractivity (Wildman–Crippen MR) is 133 cm³/mol. The molecule has 178 valence electrons. The molecule has 3 aromatic carbocycles. The summed E-state index contributed by atoms with van der Waals surface area (Å²) in [6, 6.07) is 19.7. The second kappa shape index (κ2) is 10.7. The molecule has 9 heteroatoms. The Kier molecular flexibility index (Phi) is 7.44. The van der Waals surface area contributed by atoms with Crippen LogP contribution in [0.4, 0.5) is 16.2 Å². The van der Waals surface area contributed by atoms with Crippen molar-refractivity contribution in [2.45, 2.75) is 25.8 Å². The number of carbonyl (C=O) groups is 2. The minimum absolute atomic E-state index is 0.246. The summed E-state index contributed by atoms with van der Waals surface area (Å²) in [6.45, 7) is 2.94. The highest BCUT2D eigenvalue weighted by atomic mass is 32.2. The number of carbonyl (C=O) groups excluding carboxylic acids is 2. The maximum atomic E-state index is 13.0. The van der Waals surface area contributed by atoms with E-state index in [1.165, 1.54) is 4.31 Å². The zero-order chi connectivity index (χ0) is 24.1. The Morgan fingerprint density at radius 3 is 2.38 bits per heavy atom. The van der Waals surface area contributed by atoms with Crippen LogP contribution in [-0.4, -0.2) is 51.4 Å². The predicted octanol–water partition coefficient (Wildman–Crippen LogP) is 4.66. The van der Waals surface area contributed by atoms with E-state index in [4.69, 9.17) is 4.74 Å². The summed E-state index contributed by atoms with van der Waals surface area (Å²) in [5.41, 5.74) is 1.73. The quantitative estimate of drug-likeness (QED) is 0.499. The van der Waals surface area contributed by atoms with E-state index in [0.717, 1.165) is 0 Å². The van der Waals surface area contributed by atoms with Crippen molar-refractivity contribution < 1.29 is 23.1 Å². The van der Waals surface area contributed by atoms with Crippen LogP contribution in [0, 0.1) is 0 Å². The van der Waals surface area contributed by atoms with Gasteiger partial charge in [-0.2, -0.15) is 0 Å². The molecule has 1 aliphatic heterocycles. The molecule has 0 spiro atoms. The summed E-state index contributed by atoms with van der Waals surface area (Å²) in [5, 5.41) is 4.29. The molecule has 1 fully saturated rings. The Morgan fingerprint density at radius 1 is 1.03 bits per heavy atom. The third-order valence-corrected chi connectivity index (χ3v) is 6.73. The van der Waals surface area contributed by atoms with Crippen LogP contribution in [0.3, 0.4) is 0 Å². The van der Waals surface area contributed by atoms with Crippen LogP contribution in [-0.2, 0) is 16.0 Å². The molecule has 2 amide bonds. The third-order valence-electron chi connectivity index (χ3n) is 5.90. The molecule has 34 heavy (non-hydrogen) atoms. The van der Waals surface area contributed by atoms with Gasteiger partial charge in [0.15, 0.2) is 0 Å². The minimum Gasteiger partial charge on any atom is -0.450 e. The zero-order valence-corrected chi connectivity index (χ0v) is 19.7. The van der Waals surface area contributed by atoms with E-state index in [1.54, 1.807) is 36.1 Å². The number of nitrogens with zero attached hydrogens (tertiary/aromatic N) is 2. The maximum absolute atomic E-state index is 13.0. The van der Waals surface area contributed by atoms with Crippen LogP contribution in [0.25, 0.3) is 10.8 Å². The van der Waals surface area contributed by atoms with Crippen molar-refractivity contribution in [1.29, 1.82) is 0 Å². The lowest BCUT2D eigenvalue weighted by Gasteiger charge is -2.37. The molecular weight excluding hydrogens is 454 g/mol. The first-order valence-electron chi connectivity index (χ1n) is 11.2. The average Bonchev–Trinajstić information content (AvgIpc) is 2.85. The first-order valence-corrected chi connectivity index (χ1v) is 12.3. The van der Waals surface area contributed by atoms with E-state index >= 15 is 0 Å². The van der Waals surface area contributed by atoms with Crippen molar-refractivity contribution in [1.82, 2.24) is 4.90 Å². The Morgan fingerprint density at radius 2 is 1.71 bits per heavy atom. The molecule has 1 unspecified atom stereocenters. The highest BCUT2D eigenvalue weighted by Gasteiger charge is 2.31. The normalized spacial score (nSPS) is 15.1. The van der Waals surface area contributed by atoms with Gasteiger partial charge in [0.05, 0.1) is 12.3 Å². The third kappa shape index (κ3) is 5.05. The smallest absolute Gasteiger partial charge is 0.409 e. The Bertz CT molecular complexity index is 1200. The standard InChI is InChI=1S/C25H27N3O5S/c1-2-33-25(30)27-16-14-19(15-17-27)28(34(31)32)23-13-7-10-20-21(23)11-6-12-22(20)24(29)26-18-8-4-3-5-9-18/h3-13,19H,2,14-17H2,1H3,(H,26,29)(H,31,32). The van der Waals surface area contributed by atoms with Gasteiger partial charge in [0.25, 0.3) is 17.2 Å². The molecule has 0 aliphatic carbocycles. The van der Waals surface area contributed by atoms with Crippen LogP contribution < -0.4 is 9.62 Å². The molecule has 2 N–H and O–H groups in total. The Hall–Kier alpha value is -3.43. The fourth-order valence-corrected chi connectivity index (χ4v) is 5.10. The van der Waals surface area contributed by atoms with Gasteiger partial charge < -0.3 is 15.0 Å². The van der Waals surface area contributed by atoms with Gasteiger partial charge in [0, 0.05) is 35.8 Å². The average molecular weight is 482 g/mol. The number of piperidine rings is 1. The second-order valence-corrected chi connectivity index (χ2v) is 8.83. The fourth-order valence-electron chi connectivity index (χ4n) is 4.31. The lowest BCUT2D eigenvalue weighted by Crippen LogP contribution is -2.47. The molecule has 0 bridgehead atoms. The van der Waals surface area contributed by atoms with Crippen LogP contribution in [0.5, 0.6) is 0 Å². The van der Waals surface area contributed by atoms with Gasteiger partial charge in [-0.1, -0.05) is 42.5 Å². The Balaban J connectivity index is 1.63. The van der Waals surface area contributed by atoms with Crippen LogP contribution >= 0.6 is 0 Å². The molecule has 1 saturated heterocycles. The molecule has 8 nitrogen and oxygen atoms in total. The summed E-state index contributed by atoms with van der Waals surface area (Å²) >= 11 is -2.28. The van der Waals surface area contributed by atoms with Crippen LogP contribution in [0.1, 0.15) is 30.1 Å². The summed E-state index contributed by atoms with van der Waals surface area (Å²) in [7, 11) is 0. The second-order valence-electron chi connectivity index (χ2n) is 7.97. The number of fused-ring (bicyclic) bond motifs is 1. The molecule has 3 aromatic rings. The fraction of sp³-hybridized carbons (Fsp3) is 0.280. The monoisotopic (exact) mass is 481 g/mol. The van der Waals surface area contributed by atoms with Gasteiger partial charge in [0.1, 0.15) is 0 Å². The number of rotatable bonds is 6. The molecule has 4 rings (SSSR count). The van der Waals surface area contributed by atoms with Gasteiger partial charge in [-0.25, -0.2) is 9.00 Å². The highest BCUT2D eigenvalue weighted by molar-refractivity contribution is 7.80. The highest BCUT2D eigenvalue weighted by Crippen LogP contribution is 2.33. The topological polar surface area (TPSA) is 99.2 Å². The maximum Gasteiger partial charge on any atom is 0.409 e. The van der Waals surface area contributed by atoms with Gasteiger partial charge in [-0.15, -0.1) is 0 Å². The SMILES string of the molecule is CCOC(=O)N1CCC(N(c2cccc3c(C(=O)Nc4ccccc4)cccc23)S(=O)O)CC1. The lowest BCUT2D eigenvalue weighted by molar-refractivity contribution is 0.0975. The summed E-state index contributed by atoms with van der Waals surface area (Å²) in [4.78, 5) is 26.7. The van der Waals surface area contributed by atoms with Crippen LogP contribution in [0.15, 0.2) is 66.7 Å². The van der Waals surface area contributed by atoms with Crippen molar-refractivity contribution in [2.24, 2.45) is 0 Å². The van der Waals surface area contributed by atoms with Crippen molar-refractivity contribution in [3.05, 3.63) is 72.3 Å². The van der Waals surface area contributed by atoms with Crippen molar-refractivity contribution in [2.75, 3.05) is 29.3 Å². The van der Waals surface area contributed by atoms with Crippen molar-refractivity contribution in [3.8, 4) is 0 Å². The minimum atomic E-state index is -2.28. The van der Waals surface area contributed by atoms with E-state index in [9.17, 15) is 18.4 Å². The van der Waals surface area contributed by atoms with E-state index in [0.29, 0.717) is 60.2 Å². The molecule has 1 heterocycles. The molecule has 0 saturated carbocycles. The molecular formula is C25H27N3O5S. The van der Waals surface area contributed by atoms with Gasteiger partial charge in [-0.3, -0.25) is 13.7 Å². The number of likely N-dealkylation sites (tertiary alicyclic amines) is 1. The van der Waals surface area contributed by atoms with Gasteiger partial charge in [0.2, 0.25) is 0 Å². The number of para-hydroxylation sites is 1. The molecule has 0 aromatic heterocycles. The summed E-state index contributed by atoms with van der Waals surface area (Å²) in [6.07, 6.45) is 0.683. The van der Waals surface area contributed by atoms with Crippen LogP contribution in [0.2, 0.25) is 0 Å². The number of hydrogen-bond donors (Lipinski definition) is 2. The molecule has 1 aliphatic rings. The number of anilines is 2. The number of nitrogens with one attached hydrogen (secondary N) is 1. The number of amides is 2. The van der Waals surface area contributed by atoms with E-state index in [2.05, 4.69) is 5.32 Å². The van der Waals surface area contributed by atoms with E-state index < -0.39 is 11.3 Å². The number of benzene rings is 3. The summed E-state index contributed by atoms with van der Waals surface area (Å²) < 4.78 is 29.2. The zero-order valence-electron chi connectivity index (χ0n) is 18.8. The van der Waals surface area contributed by atoms with Gasteiger partial charge in [-0.05, 0) is 49.4 Å². The number of ether oxygens (including phenoxy) is 1. The largest absolute Gasteiger partial charge is 0.450 e. The van der Waals surface area contributed by atoms with Crippen molar-refractivity contribution in [3.63, 3.8) is 0 Å². The lowest BCUT2D eigenvalue weighted by atomic mass is 10.00. The molecule has 0 radical (unpaired) electrons. The van der Waals surface area contributed by atoms with Gasteiger partial charge >= 0.3 is 6.09 Å². The van der Waals surface area contributed by atoms with E-state index in [-0.39, 0.29) is 18.0 Å². The Labute approximate surface area is 200 Å². The molecule has 1 atom stereocenters. The first kappa shape index (κ1) is 23.7. The summed E-state index contributed by atoms with van der Waals surface area (Å²) in [5.74, 6) is -0.256. The van der Waals surface area contributed by atoms with E-state index in [1.807, 2.05) is 42.5 Å². The van der Waals surface area contributed by atoms with Crippen molar-refractivity contribution >= 4 is 45.4 Å². The first-order chi connectivity index (χ1) is 16.5.